The highest BCUT2D eigenvalue weighted by molar-refractivity contribution is 7.90. The van der Waals surface area contributed by atoms with E-state index in [1.165, 1.54) is 17.6 Å². The third kappa shape index (κ3) is 3.95. The van der Waals surface area contributed by atoms with E-state index in [2.05, 4.69) is 4.99 Å². The van der Waals surface area contributed by atoms with E-state index in [9.17, 15) is 13.2 Å². The average Bonchev–Trinajstić information content (AvgIpc) is 3.22. The standard InChI is InChI=1S/C17H18N2O5S2/c1-3-23-10-8-19-13-7-6-12(26(2,21)22)11-15(13)25-17(19)18-16(20)14-5-4-9-24-14/h4-7,9,11H,3,8,10H2,1-2H3. The van der Waals surface area contributed by atoms with Crippen molar-refractivity contribution in [1.29, 1.82) is 0 Å². The number of fused-ring (bicyclic) bond motifs is 1. The quantitative estimate of drug-likeness (QED) is 0.599. The maximum atomic E-state index is 12.3. The Bertz CT molecular complexity index is 1090. The Balaban J connectivity index is 2.13. The number of carbonyl (C=O) groups is 1. The second-order valence-corrected chi connectivity index (χ2v) is 8.55. The molecule has 1 aromatic carbocycles. The molecule has 0 radical (unpaired) electrons. The van der Waals surface area contributed by atoms with Gasteiger partial charge in [-0.15, -0.1) is 0 Å². The lowest BCUT2D eigenvalue weighted by Gasteiger charge is -2.06. The zero-order valence-corrected chi connectivity index (χ0v) is 16.0. The number of rotatable bonds is 6. The molecule has 9 heteroatoms. The lowest BCUT2D eigenvalue weighted by Crippen LogP contribution is -2.19. The maximum absolute atomic E-state index is 12.3. The number of sulfone groups is 1. The molecule has 7 nitrogen and oxygen atoms in total. The van der Waals surface area contributed by atoms with Gasteiger partial charge in [0.25, 0.3) is 0 Å². The molecule has 0 aliphatic heterocycles. The van der Waals surface area contributed by atoms with Crippen molar-refractivity contribution in [2.24, 2.45) is 4.99 Å². The third-order valence-electron chi connectivity index (χ3n) is 3.67. The molecule has 0 saturated carbocycles. The average molecular weight is 394 g/mol. The van der Waals surface area contributed by atoms with Gasteiger partial charge in [-0.05, 0) is 37.3 Å². The molecule has 2 aromatic heterocycles. The predicted molar refractivity (Wildman–Crippen MR) is 98.0 cm³/mol. The van der Waals surface area contributed by atoms with Crippen LogP contribution in [-0.2, 0) is 21.1 Å². The summed E-state index contributed by atoms with van der Waals surface area (Å²) in [5, 5.41) is 0. The van der Waals surface area contributed by atoms with Gasteiger partial charge in [-0.25, -0.2) is 8.42 Å². The van der Waals surface area contributed by atoms with Crippen molar-refractivity contribution in [2.75, 3.05) is 19.5 Å². The highest BCUT2D eigenvalue weighted by Crippen LogP contribution is 2.22. The van der Waals surface area contributed by atoms with Gasteiger partial charge in [0.15, 0.2) is 20.4 Å². The van der Waals surface area contributed by atoms with Crippen LogP contribution in [0.4, 0.5) is 0 Å². The third-order valence-corrected chi connectivity index (χ3v) is 5.83. The Hall–Kier alpha value is -2.23. The van der Waals surface area contributed by atoms with Gasteiger partial charge in [-0.2, -0.15) is 4.99 Å². The number of hydrogen-bond acceptors (Lipinski definition) is 6. The van der Waals surface area contributed by atoms with E-state index in [4.69, 9.17) is 9.15 Å². The van der Waals surface area contributed by atoms with E-state index in [0.29, 0.717) is 24.6 Å². The van der Waals surface area contributed by atoms with Crippen LogP contribution < -0.4 is 4.80 Å². The summed E-state index contributed by atoms with van der Waals surface area (Å²) < 4.78 is 36.7. The van der Waals surface area contributed by atoms with Crippen LogP contribution in [-0.4, -0.2) is 38.4 Å². The lowest BCUT2D eigenvalue weighted by molar-refractivity contribution is 0.0970. The Morgan fingerprint density at radius 2 is 2.15 bits per heavy atom. The smallest absolute Gasteiger partial charge is 0.315 e. The molecule has 0 N–H and O–H groups in total. The van der Waals surface area contributed by atoms with Crippen molar-refractivity contribution < 1.29 is 22.4 Å². The molecular weight excluding hydrogens is 376 g/mol. The summed E-state index contributed by atoms with van der Waals surface area (Å²) in [5.41, 5.74) is 0.799. The summed E-state index contributed by atoms with van der Waals surface area (Å²) in [5.74, 6) is -0.342. The number of ether oxygens (including phenoxy) is 1. The minimum absolute atomic E-state index is 0.149. The SMILES string of the molecule is CCOCCn1c(=NC(=O)c2ccco2)sc2cc(S(C)(=O)=O)ccc21. The summed E-state index contributed by atoms with van der Waals surface area (Å²) in [6.07, 6.45) is 2.58. The summed E-state index contributed by atoms with van der Waals surface area (Å²) in [7, 11) is -3.32. The fourth-order valence-electron chi connectivity index (χ4n) is 2.43. The van der Waals surface area contributed by atoms with Crippen molar-refractivity contribution in [3.05, 3.63) is 47.2 Å². The number of aromatic nitrogens is 1. The molecule has 0 unspecified atom stereocenters. The number of carbonyl (C=O) groups excluding carboxylic acids is 1. The van der Waals surface area contributed by atoms with Gasteiger partial charge in [0.2, 0.25) is 0 Å². The number of amides is 1. The first-order valence-corrected chi connectivity index (χ1v) is 10.6. The van der Waals surface area contributed by atoms with Crippen LogP contribution in [0.15, 0.2) is 50.9 Å². The van der Waals surface area contributed by atoms with Gasteiger partial charge in [0.1, 0.15) is 0 Å². The monoisotopic (exact) mass is 394 g/mol. The minimum atomic E-state index is -3.32. The number of hydrogen-bond donors (Lipinski definition) is 0. The van der Waals surface area contributed by atoms with Gasteiger partial charge in [0.05, 0.1) is 28.0 Å². The summed E-state index contributed by atoms with van der Waals surface area (Å²) in [4.78, 5) is 17.1. The maximum Gasteiger partial charge on any atom is 0.315 e. The minimum Gasteiger partial charge on any atom is -0.459 e. The second-order valence-electron chi connectivity index (χ2n) is 5.53. The number of nitrogens with zero attached hydrogens (tertiary/aromatic N) is 2. The molecule has 0 aliphatic carbocycles. The normalized spacial score (nSPS) is 12.8. The number of benzene rings is 1. The Morgan fingerprint density at radius 1 is 1.35 bits per heavy atom. The van der Waals surface area contributed by atoms with E-state index in [1.54, 1.807) is 30.3 Å². The van der Waals surface area contributed by atoms with Crippen molar-refractivity contribution in [2.45, 2.75) is 18.4 Å². The van der Waals surface area contributed by atoms with E-state index in [1.807, 2.05) is 11.5 Å². The van der Waals surface area contributed by atoms with Crippen LogP contribution in [0.25, 0.3) is 10.2 Å². The molecule has 3 rings (SSSR count). The zero-order valence-electron chi connectivity index (χ0n) is 14.3. The van der Waals surface area contributed by atoms with Crippen molar-refractivity contribution in [1.82, 2.24) is 4.57 Å². The molecule has 1 amide bonds. The van der Waals surface area contributed by atoms with Gasteiger partial charge >= 0.3 is 5.91 Å². The summed E-state index contributed by atoms with van der Waals surface area (Å²) in [6.45, 7) is 3.44. The fraction of sp³-hybridized carbons (Fsp3) is 0.294. The molecule has 0 aliphatic rings. The molecule has 0 saturated heterocycles. The molecule has 26 heavy (non-hydrogen) atoms. The van der Waals surface area contributed by atoms with Gasteiger partial charge in [-0.3, -0.25) is 4.79 Å². The molecule has 0 spiro atoms. The van der Waals surface area contributed by atoms with E-state index < -0.39 is 15.7 Å². The van der Waals surface area contributed by atoms with Crippen molar-refractivity contribution in [3.63, 3.8) is 0 Å². The van der Waals surface area contributed by atoms with Crippen LogP contribution in [0.1, 0.15) is 17.5 Å². The molecular formula is C17H18N2O5S2. The van der Waals surface area contributed by atoms with Crippen molar-refractivity contribution in [3.8, 4) is 0 Å². The number of furan rings is 1. The summed E-state index contributed by atoms with van der Waals surface area (Å²) >= 11 is 1.25. The Labute approximate surface area is 154 Å². The van der Waals surface area contributed by atoms with Gasteiger partial charge in [-0.1, -0.05) is 11.3 Å². The van der Waals surface area contributed by atoms with Crippen LogP contribution >= 0.6 is 11.3 Å². The van der Waals surface area contributed by atoms with Gasteiger partial charge in [0, 0.05) is 19.4 Å². The zero-order chi connectivity index (χ0) is 18.7. The van der Waals surface area contributed by atoms with E-state index in [0.717, 1.165) is 16.5 Å². The number of thiazole rings is 1. The molecule has 0 atom stereocenters. The van der Waals surface area contributed by atoms with E-state index in [-0.39, 0.29) is 10.7 Å². The Morgan fingerprint density at radius 3 is 2.81 bits per heavy atom. The highest BCUT2D eigenvalue weighted by Gasteiger charge is 2.14. The van der Waals surface area contributed by atoms with Crippen LogP contribution in [0.3, 0.4) is 0 Å². The first kappa shape index (κ1) is 18.6. The predicted octanol–water partition coefficient (Wildman–Crippen LogP) is 2.48. The largest absolute Gasteiger partial charge is 0.459 e. The first-order chi connectivity index (χ1) is 12.4. The molecule has 0 fully saturated rings. The highest BCUT2D eigenvalue weighted by atomic mass is 32.2. The second kappa shape index (κ2) is 7.56. The van der Waals surface area contributed by atoms with E-state index >= 15 is 0 Å². The lowest BCUT2D eigenvalue weighted by atomic mass is 10.3. The Kier molecular flexibility index (Phi) is 5.40. The van der Waals surface area contributed by atoms with Crippen LogP contribution in [0.2, 0.25) is 0 Å². The molecule has 138 valence electrons. The fourth-order valence-corrected chi connectivity index (χ4v) is 4.24. The molecule has 2 heterocycles. The van der Waals surface area contributed by atoms with Gasteiger partial charge < -0.3 is 13.7 Å². The molecule has 3 aromatic rings. The van der Waals surface area contributed by atoms with Crippen molar-refractivity contribution >= 4 is 37.3 Å². The topological polar surface area (TPSA) is 90.9 Å². The molecule has 0 bridgehead atoms. The van der Waals surface area contributed by atoms with Crippen LogP contribution in [0, 0.1) is 0 Å². The van der Waals surface area contributed by atoms with Crippen LogP contribution in [0.5, 0.6) is 0 Å². The summed E-state index contributed by atoms with van der Waals surface area (Å²) in [6, 6.07) is 8.05. The first-order valence-electron chi connectivity index (χ1n) is 7.94.